The molecule has 0 amide bonds. The maximum absolute atomic E-state index is 6.44. The molecule has 1 heterocycles. The first-order valence-electron chi connectivity index (χ1n) is 1.45. The van der Waals surface area contributed by atoms with Gasteiger partial charge >= 0.3 is 0 Å². The quantitative estimate of drug-likeness (QED) is 0.409. The van der Waals surface area contributed by atoms with Crippen molar-refractivity contribution in [2.75, 3.05) is 0 Å². The molecule has 1 aromatic rings. The SMILES string of the molecule is [2H]n1nnnn1. The largest absolute Gasteiger partial charge is 0.218 e. The smallest absolute Gasteiger partial charge is 0.157 e. The number of hydrogen-bond donors (Lipinski definition) is 1. The first kappa shape index (κ1) is 1.44. The van der Waals surface area contributed by atoms with Crippen LogP contribution < -0.4 is 0 Å². The van der Waals surface area contributed by atoms with E-state index in [9.17, 15) is 0 Å². The van der Waals surface area contributed by atoms with Crippen LogP contribution in [0.3, 0.4) is 0 Å². The van der Waals surface area contributed by atoms with E-state index in [0.29, 0.717) is 5.21 Å². The van der Waals surface area contributed by atoms with Gasteiger partial charge in [0.05, 0.1) is 0 Å². The van der Waals surface area contributed by atoms with Crippen molar-refractivity contribution >= 4 is 0 Å². The molecular formula is HN5. The lowest BCUT2D eigenvalue weighted by molar-refractivity contribution is 0.881. The Labute approximate surface area is 28.8 Å². The molecule has 5 heteroatoms. The van der Waals surface area contributed by atoms with E-state index in [1.807, 2.05) is 0 Å². The van der Waals surface area contributed by atoms with Gasteiger partial charge in [0.2, 0.25) is 1.41 Å². The van der Waals surface area contributed by atoms with E-state index in [-0.39, 0.29) is 0 Å². The molecule has 5 heavy (non-hydrogen) atoms. The van der Waals surface area contributed by atoms with E-state index in [1.165, 1.54) is 0 Å². The number of aromatic nitrogens is 5. The maximum atomic E-state index is 6.44. The molecular weight excluding hydrogens is 70.0 g/mol. The number of rotatable bonds is 0. The zero-order valence-electron chi connectivity index (χ0n) is 3.24. The number of H-pyrrole nitrogens is 1. The first-order valence-corrected chi connectivity index (χ1v) is 1.000. The van der Waals surface area contributed by atoms with Gasteiger partial charge in [-0.2, -0.15) is 5.21 Å². The molecule has 0 aliphatic rings. The zero-order valence-corrected chi connectivity index (χ0v) is 2.24. The maximum Gasteiger partial charge on any atom is 0.218 e. The van der Waals surface area contributed by atoms with E-state index in [2.05, 4.69) is 20.9 Å². The summed E-state index contributed by atoms with van der Waals surface area (Å²) in [6, 6.07) is 0. The zero-order chi connectivity index (χ0) is 4.41. The van der Waals surface area contributed by atoms with Gasteiger partial charge in [-0.3, -0.25) is 0 Å². The summed E-state index contributed by atoms with van der Waals surface area (Å²) in [4.78, 5) is 0. The highest BCUT2D eigenvalue weighted by Gasteiger charge is 1.59. The third-order valence-corrected chi connectivity index (χ3v) is 0.200. The van der Waals surface area contributed by atoms with Crippen LogP contribution in [0.4, 0.5) is 0 Å². The third kappa shape index (κ3) is 0.188. The van der Waals surface area contributed by atoms with Crippen molar-refractivity contribution in [3.8, 4) is 0 Å². The van der Waals surface area contributed by atoms with Crippen molar-refractivity contribution in [1.82, 2.24) is 26.1 Å². The Kier molecular flexibility index (Phi) is 0.216. The molecule has 0 fully saturated rings. The molecule has 5 nitrogen and oxygen atoms in total. The molecule has 0 aliphatic carbocycles. The highest BCUT2D eigenvalue weighted by atomic mass is 15.6. The standard InChI is InChI=1S/HN5/c1-2-4-5-3-1/h(H,1,2,3,4,5)/i/hD. The van der Waals surface area contributed by atoms with Crippen LogP contribution in [-0.4, -0.2) is 26.1 Å². The van der Waals surface area contributed by atoms with E-state index in [0.717, 1.165) is 0 Å². The Morgan fingerprint density at radius 1 is 1.40 bits per heavy atom. The Hall–Kier alpha value is -1.00. The highest BCUT2D eigenvalue weighted by Crippen LogP contribution is 1.31. The van der Waals surface area contributed by atoms with Crippen LogP contribution >= 0.6 is 0 Å². The van der Waals surface area contributed by atoms with E-state index in [4.69, 9.17) is 1.41 Å². The van der Waals surface area contributed by atoms with Gasteiger partial charge < -0.3 is 0 Å². The molecule has 1 rings (SSSR count). The molecule has 0 atom stereocenters. The summed E-state index contributed by atoms with van der Waals surface area (Å²) in [7, 11) is 0. The summed E-state index contributed by atoms with van der Waals surface area (Å²) in [5.74, 6) is 0. The van der Waals surface area contributed by atoms with Crippen LogP contribution in [-0.2, 0) is 0 Å². The molecule has 0 spiro atoms. The summed E-state index contributed by atoms with van der Waals surface area (Å²) in [5.41, 5.74) is 0. The van der Waals surface area contributed by atoms with Crippen LogP contribution in [0.2, 0.25) is 1.41 Å². The van der Waals surface area contributed by atoms with Crippen molar-refractivity contribution < 1.29 is 1.41 Å². The molecule has 0 saturated carbocycles. The summed E-state index contributed by atoms with van der Waals surface area (Å²) in [5, 5.41) is 12.6. The predicted octanol–water partition coefficient (Wildman–Crippen LogP) is -1.41. The van der Waals surface area contributed by atoms with E-state index in [1.54, 1.807) is 0 Å². The number of nitrogens with one attached hydrogen (secondary N) is 1. The number of aromatic amines is 1. The summed E-state index contributed by atoms with van der Waals surface area (Å²) in [6.07, 6.45) is 0. The van der Waals surface area contributed by atoms with Gasteiger partial charge in [0.25, 0.3) is 0 Å². The van der Waals surface area contributed by atoms with Crippen molar-refractivity contribution in [2.24, 2.45) is 0 Å². The van der Waals surface area contributed by atoms with E-state index < -0.39 is 0 Å². The number of nitrogens with zero attached hydrogens (tertiary/aromatic N) is 4. The molecule has 0 aromatic carbocycles. The summed E-state index contributed by atoms with van der Waals surface area (Å²) >= 11 is 0. The van der Waals surface area contributed by atoms with Crippen molar-refractivity contribution in [3.05, 3.63) is 0 Å². The molecule has 0 aliphatic heterocycles. The lowest BCUT2D eigenvalue weighted by atomic mass is 12.7. The fourth-order valence-electron chi connectivity index (χ4n) is 0.0894. The van der Waals surface area contributed by atoms with Gasteiger partial charge in [0.1, 0.15) is 0 Å². The average molecular weight is 72.0 g/mol. The van der Waals surface area contributed by atoms with Gasteiger partial charge in [-0.1, -0.05) is 0 Å². The summed E-state index contributed by atoms with van der Waals surface area (Å²) in [6.45, 7) is 0. The summed E-state index contributed by atoms with van der Waals surface area (Å²) < 4.78 is 6.44. The monoisotopic (exact) mass is 72.0 g/mol. The average Bonchev–Trinajstić information content (AvgIpc) is 1.86. The van der Waals surface area contributed by atoms with Gasteiger partial charge in [-0.05, 0) is 20.9 Å². The van der Waals surface area contributed by atoms with Gasteiger partial charge in [0, 0.05) is 0 Å². The molecule has 1 aromatic heterocycles. The van der Waals surface area contributed by atoms with Crippen molar-refractivity contribution in [1.29, 1.82) is 0 Å². The number of hydrogen-bond acceptors (Lipinski definition) is 4. The van der Waals surface area contributed by atoms with Gasteiger partial charge in [-0.15, -0.1) is 0 Å². The second-order valence-electron chi connectivity index (χ2n) is 0.447. The van der Waals surface area contributed by atoms with Crippen LogP contribution in [0.15, 0.2) is 0 Å². The van der Waals surface area contributed by atoms with Gasteiger partial charge in [-0.25, -0.2) is 0 Å². The second-order valence-corrected chi connectivity index (χ2v) is 0.447. The Bertz CT molecular complexity index is 107. The van der Waals surface area contributed by atoms with Crippen LogP contribution in [0, 0.1) is 0 Å². The fraction of sp³-hybridized carbons (Fsp3) is 0. The predicted molar refractivity (Wildman–Crippen MR) is 12.0 cm³/mol. The Morgan fingerprint density at radius 3 is 2.20 bits per heavy atom. The van der Waals surface area contributed by atoms with Crippen molar-refractivity contribution in [2.45, 2.75) is 0 Å². The minimum absolute atomic E-state index is 0.528. The topological polar surface area (TPSA) is 67.3 Å². The lowest BCUT2D eigenvalue weighted by Gasteiger charge is -1.40. The molecule has 0 saturated heterocycles. The highest BCUT2D eigenvalue weighted by molar-refractivity contribution is 3.84. The van der Waals surface area contributed by atoms with Crippen LogP contribution in [0.25, 0.3) is 0 Å². The second kappa shape index (κ2) is 0.750. The van der Waals surface area contributed by atoms with E-state index >= 15 is 0 Å². The fourth-order valence-corrected chi connectivity index (χ4v) is 0.0894. The Morgan fingerprint density at radius 2 is 2.00 bits per heavy atom. The lowest BCUT2D eigenvalue weighted by Crippen LogP contribution is -1.64. The van der Waals surface area contributed by atoms with Crippen LogP contribution in [0.5, 0.6) is 0 Å². The molecule has 0 bridgehead atoms. The Balaban J connectivity index is 3.05. The first-order chi connectivity index (χ1) is 2.89. The van der Waals surface area contributed by atoms with Gasteiger partial charge in [0.15, 0.2) is 0 Å². The molecule has 1 N–H and O–H groups in total. The third-order valence-electron chi connectivity index (χ3n) is 0.200. The van der Waals surface area contributed by atoms with Crippen molar-refractivity contribution in [3.63, 3.8) is 0 Å². The minimum atomic E-state index is 0.528. The molecule has 0 radical (unpaired) electrons. The van der Waals surface area contributed by atoms with Crippen LogP contribution in [0.1, 0.15) is 0 Å². The molecule has 26 valence electrons. The molecule has 0 unspecified atom stereocenters. The minimum Gasteiger partial charge on any atom is -0.157 e. The normalized spacial score (nSPS) is 10.8.